The van der Waals surface area contributed by atoms with E-state index < -0.39 is 5.60 Å². The van der Waals surface area contributed by atoms with Crippen molar-refractivity contribution in [1.29, 1.82) is 0 Å². The third-order valence-electron chi connectivity index (χ3n) is 3.98. The van der Waals surface area contributed by atoms with Crippen molar-refractivity contribution in [3.8, 4) is 11.3 Å². The molecule has 0 unspecified atom stereocenters. The standard InChI is InChI=1S/C19H24N3O2S/c1-19(2,3)24-18(23)22(15-9-11-20-12-10-15)17-21-16(13-25-17)14-7-5-4-6-8-14/h5-8,13,15,20H,9-12H2,1-3H3. The fourth-order valence-electron chi connectivity index (χ4n) is 2.82. The minimum absolute atomic E-state index is 0.110. The average Bonchev–Trinajstić information content (AvgIpc) is 3.05. The number of anilines is 1. The van der Waals surface area contributed by atoms with Crippen LogP contribution in [0.15, 0.2) is 29.6 Å². The van der Waals surface area contributed by atoms with Crippen molar-refractivity contribution in [3.05, 3.63) is 35.7 Å². The third kappa shape index (κ3) is 4.58. The van der Waals surface area contributed by atoms with Gasteiger partial charge in [0.05, 0.1) is 5.69 Å². The van der Waals surface area contributed by atoms with Crippen molar-refractivity contribution in [2.45, 2.75) is 45.3 Å². The molecule has 1 radical (unpaired) electrons. The van der Waals surface area contributed by atoms with E-state index in [9.17, 15) is 4.79 Å². The summed E-state index contributed by atoms with van der Waals surface area (Å²) in [7, 11) is 0. The monoisotopic (exact) mass is 358 g/mol. The highest BCUT2D eigenvalue weighted by molar-refractivity contribution is 7.14. The summed E-state index contributed by atoms with van der Waals surface area (Å²) < 4.78 is 5.65. The summed E-state index contributed by atoms with van der Waals surface area (Å²) in [5.41, 5.74) is 1.37. The summed E-state index contributed by atoms with van der Waals surface area (Å²) in [4.78, 5) is 19.3. The number of carbonyl (C=O) groups excluding carboxylic acids is 1. The van der Waals surface area contributed by atoms with Gasteiger partial charge in [-0.1, -0.05) is 24.3 Å². The van der Waals surface area contributed by atoms with Crippen molar-refractivity contribution in [3.63, 3.8) is 0 Å². The molecule has 1 aliphatic heterocycles. The molecule has 0 bridgehead atoms. The van der Waals surface area contributed by atoms with Gasteiger partial charge in [-0.25, -0.2) is 14.7 Å². The van der Waals surface area contributed by atoms with Gasteiger partial charge in [0.1, 0.15) is 5.60 Å². The summed E-state index contributed by atoms with van der Waals surface area (Å²) in [6.45, 7) is 7.46. The normalized spacial score (nSPS) is 15.8. The molecule has 1 aromatic heterocycles. The minimum atomic E-state index is -0.530. The first-order valence-corrected chi connectivity index (χ1v) is 9.47. The topological polar surface area (TPSA) is 54.5 Å². The lowest BCUT2D eigenvalue weighted by Gasteiger charge is -2.34. The van der Waals surface area contributed by atoms with Crippen LogP contribution in [0.4, 0.5) is 9.93 Å². The molecule has 1 amide bonds. The van der Waals surface area contributed by atoms with Crippen molar-refractivity contribution in [2.75, 3.05) is 18.0 Å². The Kier molecular flexibility index (Phi) is 5.39. The Morgan fingerprint density at radius 2 is 2.00 bits per heavy atom. The van der Waals surface area contributed by atoms with E-state index in [4.69, 9.17) is 9.72 Å². The summed E-state index contributed by atoms with van der Waals surface area (Å²) in [5.74, 6) is 0. The number of rotatable bonds is 3. The van der Waals surface area contributed by atoms with Gasteiger partial charge in [0.2, 0.25) is 0 Å². The lowest BCUT2D eigenvalue weighted by atomic mass is 10.1. The fraction of sp³-hybridized carbons (Fsp3) is 0.474. The largest absolute Gasteiger partial charge is 0.443 e. The van der Waals surface area contributed by atoms with E-state index in [1.165, 1.54) is 11.3 Å². The van der Waals surface area contributed by atoms with Gasteiger partial charge in [-0.2, -0.15) is 0 Å². The predicted octanol–water partition coefficient (Wildman–Crippen LogP) is 4.10. The lowest BCUT2D eigenvalue weighted by Crippen LogP contribution is -2.48. The quantitative estimate of drug-likeness (QED) is 0.897. The number of thiazole rings is 1. The first-order chi connectivity index (χ1) is 11.9. The van der Waals surface area contributed by atoms with Gasteiger partial charge in [0, 0.05) is 17.0 Å². The van der Waals surface area contributed by atoms with Crippen LogP contribution in [0.1, 0.15) is 33.6 Å². The van der Waals surface area contributed by atoms with Crippen LogP contribution >= 0.6 is 11.3 Å². The molecular formula is C19H24N3O2S. The molecule has 1 aromatic carbocycles. The number of ether oxygens (including phenoxy) is 1. The highest BCUT2D eigenvalue weighted by Crippen LogP contribution is 2.31. The third-order valence-corrected chi connectivity index (χ3v) is 4.82. The molecule has 133 valence electrons. The Labute approximate surface area is 153 Å². The second-order valence-electron chi connectivity index (χ2n) is 7.14. The Hall–Kier alpha value is -1.92. The molecule has 5 nitrogen and oxygen atoms in total. The van der Waals surface area contributed by atoms with E-state index >= 15 is 0 Å². The molecule has 2 aromatic rings. The minimum Gasteiger partial charge on any atom is -0.443 e. The zero-order chi connectivity index (χ0) is 17.9. The van der Waals surface area contributed by atoms with E-state index in [0.717, 1.165) is 37.2 Å². The number of hydrogen-bond donors (Lipinski definition) is 1. The molecule has 3 rings (SSSR count). The van der Waals surface area contributed by atoms with Crippen LogP contribution in [-0.2, 0) is 4.74 Å². The van der Waals surface area contributed by atoms with E-state index in [2.05, 4.69) is 11.4 Å². The average molecular weight is 358 g/mol. The first kappa shape index (κ1) is 17.9. The van der Waals surface area contributed by atoms with Crippen LogP contribution in [-0.4, -0.2) is 35.8 Å². The Bertz CT molecular complexity index is 703. The molecule has 2 heterocycles. The second kappa shape index (κ2) is 7.54. The molecule has 6 heteroatoms. The van der Waals surface area contributed by atoms with Crippen LogP contribution in [0, 0.1) is 6.07 Å². The van der Waals surface area contributed by atoms with Gasteiger partial charge in [0.25, 0.3) is 0 Å². The molecular weight excluding hydrogens is 334 g/mol. The summed E-state index contributed by atoms with van der Waals surface area (Å²) in [6, 6.07) is 10.8. The van der Waals surface area contributed by atoms with Crippen molar-refractivity contribution in [1.82, 2.24) is 10.3 Å². The van der Waals surface area contributed by atoms with E-state index in [1.54, 1.807) is 4.90 Å². The Morgan fingerprint density at radius 1 is 1.32 bits per heavy atom. The van der Waals surface area contributed by atoms with Crippen molar-refractivity contribution in [2.24, 2.45) is 0 Å². The van der Waals surface area contributed by atoms with Crippen LogP contribution in [0.5, 0.6) is 0 Å². The molecule has 1 saturated heterocycles. The van der Waals surface area contributed by atoms with E-state index in [0.29, 0.717) is 5.13 Å². The molecule has 0 spiro atoms. The van der Waals surface area contributed by atoms with Crippen molar-refractivity contribution < 1.29 is 9.53 Å². The number of aromatic nitrogens is 1. The fourth-order valence-corrected chi connectivity index (χ4v) is 3.72. The molecule has 1 N–H and O–H groups in total. The van der Waals surface area contributed by atoms with Gasteiger partial charge in [-0.15, -0.1) is 11.3 Å². The number of hydrogen-bond acceptors (Lipinski definition) is 5. The number of amides is 1. The van der Waals surface area contributed by atoms with Crippen LogP contribution in [0.3, 0.4) is 0 Å². The smallest absolute Gasteiger partial charge is 0.416 e. The number of benzene rings is 1. The zero-order valence-electron chi connectivity index (χ0n) is 14.9. The van der Waals surface area contributed by atoms with E-state index in [-0.39, 0.29) is 12.1 Å². The molecule has 0 atom stereocenters. The SMILES string of the molecule is CC(C)(C)OC(=O)N(c1nc(-c2cc[c]cc2)cs1)C1CCNCC1. The molecule has 0 aliphatic carbocycles. The molecule has 1 fully saturated rings. The summed E-state index contributed by atoms with van der Waals surface area (Å²) in [6.07, 6.45) is 1.48. The highest BCUT2D eigenvalue weighted by Gasteiger charge is 2.32. The molecule has 25 heavy (non-hydrogen) atoms. The van der Waals surface area contributed by atoms with E-state index in [1.807, 2.05) is 50.4 Å². The van der Waals surface area contributed by atoms with Crippen LogP contribution < -0.4 is 10.2 Å². The van der Waals surface area contributed by atoms with Gasteiger partial charge in [0.15, 0.2) is 5.13 Å². The maximum absolute atomic E-state index is 12.8. The van der Waals surface area contributed by atoms with Crippen LogP contribution in [0.25, 0.3) is 11.3 Å². The highest BCUT2D eigenvalue weighted by atomic mass is 32.1. The van der Waals surface area contributed by atoms with Gasteiger partial charge in [-0.3, -0.25) is 0 Å². The first-order valence-electron chi connectivity index (χ1n) is 8.59. The predicted molar refractivity (Wildman–Crippen MR) is 101 cm³/mol. The second-order valence-corrected chi connectivity index (χ2v) is 7.97. The Balaban J connectivity index is 1.88. The van der Waals surface area contributed by atoms with Crippen LogP contribution in [0.2, 0.25) is 0 Å². The number of nitrogens with zero attached hydrogens (tertiary/aromatic N) is 2. The van der Waals surface area contributed by atoms with Gasteiger partial charge < -0.3 is 10.1 Å². The summed E-state index contributed by atoms with van der Waals surface area (Å²) in [5, 5.41) is 6.03. The van der Waals surface area contributed by atoms with Gasteiger partial charge >= 0.3 is 6.09 Å². The lowest BCUT2D eigenvalue weighted by molar-refractivity contribution is 0.0559. The number of piperidine rings is 1. The van der Waals surface area contributed by atoms with Crippen molar-refractivity contribution >= 4 is 22.6 Å². The summed E-state index contributed by atoms with van der Waals surface area (Å²) >= 11 is 1.48. The Morgan fingerprint density at radius 3 is 2.64 bits per heavy atom. The zero-order valence-corrected chi connectivity index (χ0v) is 15.7. The molecule has 0 saturated carbocycles. The molecule has 1 aliphatic rings. The number of nitrogens with one attached hydrogen (secondary N) is 1. The maximum Gasteiger partial charge on any atom is 0.416 e. The number of carbonyl (C=O) groups is 1. The van der Waals surface area contributed by atoms with Gasteiger partial charge in [-0.05, 0) is 52.8 Å². The maximum atomic E-state index is 12.8.